The third-order valence-electron chi connectivity index (χ3n) is 2.52. The van der Waals surface area contributed by atoms with E-state index in [2.05, 4.69) is 20.9 Å². The number of carbonyl (C=O) groups excluding carboxylic acids is 1. The highest BCUT2D eigenvalue weighted by Gasteiger charge is 2.19. The monoisotopic (exact) mass is 344 g/mol. The van der Waals surface area contributed by atoms with Crippen molar-refractivity contribution in [1.29, 1.82) is 0 Å². The van der Waals surface area contributed by atoms with Gasteiger partial charge in [-0.1, -0.05) is 23.7 Å². The lowest BCUT2D eigenvalue weighted by atomic mass is 10.2. The molecule has 1 aromatic carbocycles. The number of anilines is 1. The minimum Gasteiger partial charge on any atom is -0.309 e. The topological polar surface area (TPSA) is 33.2 Å². The van der Waals surface area contributed by atoms with Crippen LogP contribution in [0.1, 0.15) is 15.2 Å². The fourth-order valence-electron chi connectivity index (χ4n) is 1.67. The molecule has 6 heteroatoms. The summed E-state index contributed by atoms with van der Waals surface area (Å²) in [5.74, 6) is -0.116. The van der Waals surface area contributed by atoms with Crippen LogP contribution in [0.5, 0.6) is 0 Å². The van der Waals surface area contributed by atoms with Crippen LogP contribution >= 0.6 is 38.9 Å². The number of rotatable bonds is 2. The van der Waals surface area contributed by atoms with E-state index in [4.69, 9.17) is 11.6 Å². The predicted molar refractivity (Wildman–Crippen MR) is 78.7 cm³/mol. The predicted octanol–water partition coefficient (Wildman–Crippen LogP) is 4.14. The third-order valence-corrected chi connectivity index (χ3v) is 4.29. The first-order valence-electron chi connectivity index (χ1n) is 5.15. The molecule has 0 atom stereocenters. The smallest absolute Gasteiger partial charge is 0.269 e. The van der Waals surface area contributed by atoms with Crippen molar-refractivity contribution < 1.29 is 4.79 Å². The Morgan fingerprint density at radius 1 is 1.50 bits per heavy atom. The number of thiazole rings is 1. The van der Waals surface area contributed by atoms with Gasteiger partial charge < -0.3 is 4.90 Å². The number of halogens is 2. The van der Waals surface area contributed by atoms with Crippen LogP contribution < -0.4 is 4.90 Å². The van der Waals surface area contributed by atoms with Crippen LogP contribution in [0.2, 0.25) is 5.02 Å². The Morgan fingerprint density at radius 2 is 2.22 bits per heavy atom. The molecule has 3 nitrogen and oxygen atoms in total. The number of hydrogen-bond donors (Lipinski definition) is 0. The van der Waals surface area contributed by atoms with Gasteiger partial charge in [0.2, 0.25) is 0 Å². The molecule has 0 spiro atoms. The Hall–Kier alpha value is -0.910. The van der Waals surface area contributed by atoms with Gasteiger partial charge in [-0.2, -0.15) is 0 Å². The zero-order chi connectivity index (χ0) is 13.3. The molecule has 0 aliphatic heterocycles. The van der Waals surface area contributed by atoms with Gasteiger partial charge in [0, 0.05) is 7.05 Å². The number of carbonyl (C=O) groups is 1. The molecule has 2 aromatic rings. The average Bonchev–Trinajstić information content (AvgIpc) is 2.74. The lowest BCUT2D eigenvalue weighted by Crippen LogP contribution is -2.26. The van der Waals surface area contributed by atoms with Crippen LogP contribution in [0.3, 0.4) is 0 Å². The number of amides is 1. The molecule has 18 heavy (non-hydrogen) atoms. The maximum atomic E-state index is 12.3. The second kappa shape index (κ2) is 5.38. The number of benzene rings is 1. The first kappa shape index (κ1) is 13.5. The molecule has 0 aliphatic carbocycles. The summed E-state index contributed by atoms with van der Waals surface area (Å²) in [5.41, 5.74) is 1.69. The fraction of sp³-hybridized carbons (Fsp3) is 0.167. The molecule has 2 rings (SSSR count). The van der Waals surface area contributed by atoms with Gasteiger partial charge >= 0.3 is 0 Å². The van der Waals surface area contributed by atoms with E-state index in [0.717, 1.165) is 11.3 Å². The Bertz CT molecular complexity index is 579. The van der Waals surface area contributed by atoms with Crippen LogP contribution in [-0.2, 0) is 0 Å². The average molecular weight is 346 g/mol. The Balaban J connectivity index is 2.37. The van der Waals surface area contributed by atoms with Gasteiger partial charge in [-0.15, -0.1) is 11.3 Å². The fourth-order valence-corrected chi connectivity index (χ4v) is 3.26. The minimum absolute atomic E-state index is 0.116. The van der Waals surface area contributed by atoms with Crippen LogP contribution in [0.4, 0.5) is 5.69 Å². The van der Waals surface area contributed by atoms with E-state index >= 15 is 0 Å². The molecule has 0 N–H and O–H groups in total. The van der Waals surface area contributed by atoms with Crippen molar-refractivity contribution in [2.24, 2.45) is 0 Å². The molecule has 0 unspecified atom stereocenters. The third kappa shape index (κ3) is 2.58. The normalized spacial score (nSPS) is 10.4. The molecule has 1 heterocycles. The van der Waals surface area contributed by atoms with Crippen molar-refractivity contribution in [2.75, 3.05) is 11.9 Å². The SMILES string of the molecule is Cc1cccc(Cl)c1N(C)C(=O)c1cnc(Br)s1. The van der Waals surface area contributed by atoms with Gasteiger partial charge in [0.25, 0.3) is 5.91 Å². The molecule has 1 aromatic heterocycles. The van der Waals surface area contributed by atoms with Gasteiger partial charge in [-0.3, -0.25) is 4.79 Å². The summed E-state index contributed by atoms with van der Waals surface area (Å²) in [4.78, 5) is 18.4. The number of para-hydroxylation sites is 1. The van der Waals surface area contributed by atoms with Crippen LogP contribution in [0.15, 0.2) is 28.3 Å². The first-order valence-corrected chi connectivity index (χ1v) is 7.14. The van der Waals surface area contributed by atoms with E-state index in [1.807, 2.05) is 19.1 Å². The minimum atomic E-state index is -0.116. The molecule has 0 fully saturated rings. The van der Waals surface area contributed by atoms with Gasteiger partial charge in [0.1, 0.15) is 4.88 Å². The maximum absolute atomic E-state index is 12.3. The van der Waals surface area contributed by atoms with E-state index in [1.54, 1.807) is 24.2 Å². The maximum Gasteiger partial charge on any atom is 0.269 e. The first-order chi connectivity index (χ1) is 8.50. The van der Waals surface area contributed by atoms with Gasteiger partial charge in [0.05, 0.1) is 16.9 Å². The zero-order valence-corrected chi connectivity index (χ0v) is 12.9. The van der Waals surface area contributed by atoms with E-state index in [0.29, 0.717) is 13.8 Å². The molecular weight excluding hydrogens is 336 g/mol. The lowest BCUT2D eigenvalue weighted by molar-refractivity contribution is 0.0996. The van der Waals surface area contributed by atoms with Crippen molar-refractivity contribution in [2.45, 2.75) is 6.92 Å². The zero-order valence-electron chi connectivity index (χ0n) is 9.78. The molecule has 0 saturated heterocycles. The molecule has 1 amide bonds. The van der Waals surface area contributed by atoms with Crippen LogP contribution in [0, 0.1) is 6.92 Å². The Labute approximate surface area is 123 Å². The van der Waals surface area contributed by atoms with E-state index in [9.17, 15) is 4.79 Å². The standard InChI is InChI=1S/C12H10BrClN2OS/c1-7-4-3-5-8(14)10(7)16(2)11(17)9-6-15-12(13)18-9/h3-6H,1-2H3. The Kier molecular flexibility index (Phi) is 4.04. The highest BCUT2D eigenvalue weighted by molar-refractivity contribution is 9.11. The quantitative estimate of drug-likeness (QED) is 0.819. The summed E-state index contributed by atoms with van der Waals surface area (Å²) in [7, 11) is 1.71. The molecule has 0 aliphatic rings. The van der Waals surface area contributed by atoms with E-state index in [-0.39, 0.29) is 5.91 Å². The number of aromatic nitrogens is 1. The van der Waals surface area contributed by atoms with Crippen molar-refractivity contribution in [3.05, 3.63) is 43.8 Å². The number of nitrogens with zero attached hydrogens (tertiary/aromatic N) is 2. The largest absolute Gasteiger partial charge is 0.309 e. The second-order valence-electron chi connectivity index (χ2n) is 3.75. The summed E-state index contributed by atoms with van der Waals surface area (Å²) in [6.45, 7) is 1.92. The molecule has 0 saturated carbocycles. The Morgan fingerprint density at radius 3 is 2.78 bits per heavy atom. The summed E-state index contributed by atoms with van der Waals surface area (Å²) < 4.78 is 0.690. The number of aryl methyl sites for hydroxylation is 1. The summed E-state index contributed by atoms with van der Waals surface area (Å²) >= 11 is 10.7. The summed E-state index contributed by atoms with van der Waals surface area (Å²) in [6.07, 6.45) is 1.56. The summed E-state index contributed by atoms with van der Waals surface area (Å²) in [5, 5.41) is 0.564. The van der Waals surface area contributed by atoms with E-state index in [1.165, 1.54) is 11.3 Å². The molecule has 0 bridgehead atoms. The highest BCUT2D eigenvalue weighted by Crippen LogP contribution is 2.30. The second-order valence-corrected chi connectivity index (χ2v) is 6.46. The highest BCUT2D eigenvalue weighted by atomic mass is 79.9. The molecule has 94 valence electrons. The van der Waals surface area contributed by atoms with E-state index < -0.39 is 0 Å². The van der Waals surface area contributed by atoms with Gasteiger partial charge in [-0.05, 0) is 34.5 Å². The van der Waals surface area contributed by atoms with Crippen LogP contribution in [0.25, 0.3) is 0 Å². The van der Waals surface area contributed by atoms with Gasteiger partial charge in [0.15, 0.2) is 3.92 Å². The van der Waals surface area contributed by atoms with Gasteiger partial charge in [-0.25, -0.2) is 4.98 Å². The molecular formula is C12H10BrClN2OS. The van der Waals surface area contributed by atoms with Crippen molar-refractivity contribution in [1.82, 2.24) is 4.98 Å². The van der Waals surface area contributed by atoms with Crippen molar-refractivity contribution >= 4 is 50.5 Å². The van der Waals surface area contributed by atoms with Crippen molar-refractivity contribution in [3.8, 4) is 0 Å². The summed E-state index contributed by atoms with van der Waals surface area (Å²) in [6, 6.07) is 5.56. The van der Waals surface area contributed by atoms with Crippen molar-refractivity contribution in [3.63, 3.8) is 0 Å². The number of hydrogen-bond acceptors (Lipinski definition) is 3. The van der Waals surface area contributed by atoms with Crippen LogP contribution in [-0.4, -0.2) is 17.9 Å². The molecule has 0 radical (unpaired) electrons. The lowest BCUT2D eigenvalue weighted by Gasteiger charge is -2.19.